The van der Waals surface area contributed by atoms with Gasteiger partial charge in [0, 0.05) is 11.9 Å². The van der Waals surface area contributed by atoms with Crippen LogP contribution in [0.25, 0.3) is 0 Å². The molecular weight excluding hydrogens is 403 g/mol. The summed E-state index contributed by atoms with van der Waals surface area (Å²) in [6.45, 7) is 0. The molecule has 0 aliphatic heterocycles. The zero-order chi connectivity index (χ0) is 19.0. The van der Waals surface area contributed by atoms with E-state index in [1.54, 1.807) is 6.07 Å². The Bertz CT molecular complexity index is 1000. The quantitative estimate of drug-likeness (QED) is 0.831. The summed E-state index contributed by atoms with van der Waals surface area (Å²) in [4.78, 5) is -2.42. The van der Waals surface area contributed by atoms with E-state index in [2.05, 4.69) is 0 Å². The van der Waals surface area contributed by atoms with E-state index in [0.717, 1.165) is 6.07 Å². The Labute approximate surface area is 147 Å². The molecule has 0 heterocycles. The normalized spacial score (nSPS) is 12.8. The number of halogens is 4. The van der Waals surface area contributed by atoms with Crippen LogP contribution in [0.3, 0.4) is 0 Å². The molecular formula is C14H11ClF3NO4S2. The SMILES string of the molecule is CS(=O)(=O)c1c(S(=O)(=O)Nc2ccccc2)ccc(Cl)c1C(F)(F)F. The van der Waals surface area contributed by atoms with Crippen LogP contribution in [0.1, 0.15) is 5.56 Å². The summed E-state index contributed by atoms with van der Waals surface area (Å²) < 4.78 is 90.6. The van der Waals surface area contributed by atoms with Gasteiger partial charge in [0.15, 0.2) is 9.84 Å². The summed E-state index contributed by atoms with van der Waals surface area (Å²) in [5.41, 5.74) is -1.65. The third-order valence-electron chi connectivity index (χ3n) is 3.04. The molecule has 0 saturated carbocycles. The molecule has 0 fully saturated rings. The topological polar surface area (TPSA) is 80.3 Å². The molecule has 0 radical (unpaired) electrons. The van der Waals surface area contributed by atoms with Crippen molar-refractivity contribution < 1.29 is 30.0 Å². The first-order valence-electron chi connectivity index (χ1n) is 6.51. The summed E-state index contributed by atoms with van der Waals surface area (Å²) in [6, 6.07) is 8.73. The fourth-order valence-electron chi connectivity index (χ4n) is 2.10. The third-order valence-corrected chi connectivity index (χ3v) is 6.07. The second kappa shape index (κ2) is 6.50. The molecule has 2 aromatic carbocycles. The van der Waals surface area contributed by atoms with E-state index in [-0.39, 0.29) is 5.69 Å². The lowest BCUT2D eigenvalue weighted by atomic mass is 10.2. The molecule has 2 aromatic rings. The summed E-state index contributed by atoms with van der Waals surface area (Å²) in [5, 5.41) is -0.911. The van der Waals surface area contributed by atoms with E-state index in [9.17, 15) is 30.0 Å². The number of benzene rings is 2. The highest BCUT2D eigenvalue weighted by Gasteiger charge is 2.42. The third kappa shape index (κ3) is 4.25. The predicted molar refractivity (Wildman–Crippen MR) is 86.8 cm³/mol. The number of anilines is 1. The molecule has 0 bridgehead atoms. The number of sulfonamides is 1. The summed E-state index contributed by atoms with van der Waals surface area (Å²) in [5.74, 6) is 0. The second-order valence-corrected chi connectivity index (χ2v) is 9.00. The van der Waals surface area contributed by atoms with Crippen molar-refractivity contribution in [2.45, 2.75) is 16.0 Å². The fourth-order valence-corrected chi connectivity index (χ4v) is 5.38. The van der Waals surface area contributed by atoms with Crippen LogP contribution in [0, 0.1) is 0 Å². The van der Waals surface area contributed by atoms with E-state index < -0.39 is 46.4 Å². The average Bonchev–Trinajstić information content (AvgIpc) is 2.45. The number of hydrogen-bond acceptors (Lipinski definition) is 4. The number of alkyl halides is 3. The molecule has 1 N–H and O–H groups in total. The van der Waals surface area contributed by atoms with Crippen LogP contribution < -0.4 is 4.72 Å². The highest BCUT2D eigenvalue weighted by Crippen LogP contribution is 2.42. The zero-order valence-corrected chi connectivity index (χ0v) is 14.9. The van der Waals surface area contributed by atoms with Crippen molar-refractivity contribution in [2.24, 2.45) is 0 Å². The van der Waals surface area contributed by atoms with Crippen LogP contribution in [0.4, 0.5) is 18.9 Å². The van der Waals surface area contributed by atoms with Crippen LogP contribution >= 0.6 is 11.6 Å². The van der Waals surface area contributed by atoms with Gasteiger partial charge in [0.1, 0.15) is 9.79 Å². The molecule has 0 saturated heterocycles. The van der Waals surface area contributed by atoms with Crippen molar-refractivity contribution in [2.75, 3.05) is 11.0 Å². The van der Waals surface area contributed by atoms with E-state index in [0.29, 0.717) is 12.3 Å². The van der Waals surface area contributed by atoms with E-state index in [1.165, 1.54) is 24.3 Å². The smallest absolute Gasteiger partial charge is 0.280 e. The molecule has 25 heavy (non-hydrogen) atoms. The Morgan fingerprint density at radius 1 is 0.960 bits per heavy atom. The predicted octanol–water partition coefficient (Wildman–Crippen LogP) is 3.56. The van der Waals surface area contributed by atoms with Gasteiger partial charge in [-0.3, -0.25) is 4.72 Å². The Hall–Kier alpha value is -1.78. The Morgan fingerprint density at radius 2 is 1.52 bits per heavy atom. The van der Waals surface area contributed by atoms with Gasteiger partial charge in [-0.1, -0.05) is 29.8 Å². The lowest BCUT2D eigenvalue weighted by molar-refractivity contribution is -0.140. The minimum Gasteiger partial charge on any atom is -0.280 e. The monoisotopic (exact) mass is 413 g/mol. The Kier molecular flexibility index (Phi) is 5.08. The molecule has 2 rings (SSSR count). The largest absolute Gasteiger partial charge is 0.419 e. The van der Waals surface area contributed by atoms with Crippen molar-refractivity contribution in [1.29, 1.82) is 0 Å². The summed E-state index contributed by atoms with van der Waals surface area (Å²) >= 11 is 5.50. The molecule has 0 amide bonds. The minimum atomic E-state index is -5.16. The van der Waals surface area contributed by atoms with Crippen molar-refractivity contribution in [3.05, 3.63) is 53.1 Å². The first-order valence-corrected chi connectivity index (χ1v) is 10.3. The maximum absolute atomic E-state index is 13.3. The molecule has 0 atom stereocenters. The molecule has 0 aromatic heterocycles. The summed E-state index contributed by atoms with van der Waals surface area (Å²) in [6.07, 6.45) is -4.68. The van der Waals surface area contributed by atoms with Gasteiger partial charge in [0.05, 0.1) is 10.6 Å². The molecule has 0 unspecified atom stereocenters. The maximum Gasteiger partial charge on any atom is 0.419 e. The lowest BCUT2D eigenvalue weighted by Crippen LogP contribution is -2.21. The van der Waals surface area contributed by atoms with Gasteiger partial charge >= 0.3 is 6.18 Å². The van der Waals surface area contributed by atoms with Crippen molar-refractivity contribution in [1.82, 2.24) is 0 Å². The standard InChI is InChI=1S/C14H11ClF3NO4S2/c1-24(20,21)13-11(8-7-10(15)12(13)14(16,17)18)25(22,23)19-9-5-3-2-4-6-9/h2-8,19H,1H3. The Morgan fingerprint density at radius 3 is 2.00 bits per heavy atom. The van der Waals surface area contributed by atoms with Crippen LogP contribution in [0.5, 0.6) is 0 Å². The Balaban J connectivity index is 2.78. The van der Waals surface area contributed by atoms with E-state index >= 15 is 0 Å². The van der Waals surface area contributed by atoms with E-state index in [1.807, 2.05) is 4.72 Å². The van der Waals surface area contributed by atoms with Gasteiger partial charge in [0.25, 0.3) is 10.0 Å². The lowest BCUT2D eigenvalue weighted by Gasteiger charge is -2.18. The molecule has 11 heteroatoms. The van der Waals surface area contributed by atoms with Crippen molar-refractivity contribution in [3.8, 4) is 0 Å². The van der Waals surface area contributed by atoms with Crippen LogP contribution in [-0.2, 0) is 26.0 Å². The molecule has 0 aliphatic carbocycles. The van der Waals surface area contributed by atoms with Crippen LogP contribution in [0.2, 0.25) is 5.02 Å². The zero-order valence-electron chi connectivity index (χ0n) is 12.5. The van der Waals surface area contributed by atoms with Crippen LogP contribution in [0.15, 0.2) is 52.3 Å². The summed E-state index contributed by atoms with van der Waals surface area (Å²) in [7, 11) is -9.18. The van der Waals surface area contributed by atoms with Crippen LogP contribution in [-0.4, -0.2) is 23.1 Å². The number of nitrogens with one attached hydrogen (secondary N) is 1. The highest BCUT2D eigenvalue weighted by atomic mass is 35.5. The van der Waals surface area contributed by atoms with E-state index in [4.69, 9.17) is 11.6 Å². The van der Waals surface area contributed by atoms with Gasteiger partial charge in [-0.15, -0.1) is 0 Å². The van der Waals surface area contributed by atoms with Gasteiger partial charge in [-0.2, -0.15) is 13.2 Å². The first-order chi connectivity index (χ1) is 11.3. The average molecular weight is 414 g/mol. The number of sulfone groups is 1. The molecule has 0 spiro atoms. The second-order valence-electron chi connectivity index (χ2n) is 4.99. The van der Waals surface area contributed by atoms with Gasteiger partial charge in [-0.25, -0.2) is 16.8 Å². The molecule has 136 valence electrons. The van der Waals surface area contributed by atoms with Crippen molar-refractivity contribution in [3.63, 3.8) is 0 Å². The number of para-hydroxylation sites is 1. The minimum absolute atomic E-state index is 0.0606. The molecule has 0 aliphatic rings. The highest BCUT2D eigenvalue weighted by molar-refractivity contribution is 7.95. The maximum atomic E-state index is 13.3. The molecule has 5 nitrogen and oxygen atoms in total. The number of rotatable bonds is 4. The van der Waals surface area contributed by atoms with Crippen molar-refractivity contribution >= 4 is 37.1 Å². The number of hydrogen-bond donors (Lipinski definition) is 1. The fraction of sp³-hybridized carbons (Fsp3) is 0.143. The first kappa shape index (κ1) is 19.5. The van der Waals surface area contributed by atoms with Gasteiger partial charge in [0.2, 0.25) is 0 Å². The van der Waals surface area contributed by atoms with Gasteiger partial charge < -0.3 is 0 Å². The van der Waals surface area contributed by atoms with Gasteiger partial charge in [-0.05, 0) is 24.3 Å².